The molecule has 25 heavy (non-hydrogen) atoms. The van der Waals surface area contributed by atoms with Crippen LogP contribution in [0.15, 0.2) is 27.4 Å². The molecule has 8 heteroatoms. The zero-order valence-electron chi connectivity index (χ0n) is 14.1. The van der Waals surface area contributed by atoms with Crippen LogP contribution in [-0.4, -0.2) is 46.7 Å². The molecule has 8 nitrogen and oxygen atoms in total. The Morgan fingerprint density at radius 1 is 1.28 bits per heavy atom. The maximum absolute atomic E-state index is 12.2. The van der Waals surface area contributed by atoms with Gasteiger partial charge in [0.2, 0.25) is 11.8 Å². The third-order valence-electron chi connectivity index (χ3n) is 4.25. The Bertz CT molecular complexity index is 702. The van der Waals surface area contributed by atoms with Gasteiger partial charge in [0, 0.05) is 25.4 Å². The van der Waals surface area contributed by atoms with Crippen LogP contribution in [-0.2, 0) is 14.3 Å². The highest BCUT2D eigenvalue weighted by molar-refractivity contribution is 5.81. The van der Waals surface area contributed by atoms with E-state index < -0.39 is 0 Å². The van der Waals surface area contributed by atoms with Crippen molar-refractivity contribution in [1.82, 2.24) is 15.1 Å². The first kappa shape index (κ1) is 17.2. The van der Waals surface area contributed by atoms with E-state index in [-0.39, 0.29) is 30.6 Å². The number of hydrogen-bond acceptors (Lipinski definition) is 7. The molecule has 0 unspecified atom stereocenters. The summed E-state index contributed by atoms with van der Waals surface area (Å²) in [6.07, 6.45) is 4.96. The Kier molecular flexibility index (Phi) is 5.47. The monoisotopic (exact) mass is 347 g/mol. The molecule has 0 saturated carbocycles. The van der Waals surface area contributed by atoms with E-state index in [2.05, 4.69) is 10.2 Å². The largest absolute Gasteiger partial charge is 0.472 e. The van der Waals surface area contributed by atoms with Gasteiger partial charge in [0.15, 0.2) is 0 Å². The van der Waals surface area contributed by atoms with Gasteiger partial charge in [-0.15, -0.1) is 10.2 Å². The highest BCUT2D eigenvalue weighted by Crippen LogP contribution is 2.29. The fraction of sp³-hybridized carbons (Fsp3) is 0.529. The lowest BCUT2D eigenvalue weighted by atomic mass is 9.96. The van der Waals surface area contributed by atoms with Crippen molar-refractivity contribution >= 4 is 11.9 Å². The number of hydrogen-bond donors (Lipinski definition) is 0. The number of aromatic nitrogens is 2. The van der Waals surface area contributed by atoms with Crippen LogP contribution in [0, 0.1) is 0 Å². The lowest BCUT2D eigenvalue weighted by Gasteiger charge is -2.30. The molecule has 0 spiro atoms. The van der Waals surface area contributed by atoms with E-state index in [0.717, 1.165) is 18.4 Å². The second-order valence-corrected chi connectivity index (χ2v) is 5.92. The number of piperidine rings is 1. The first-order valence-electron chi connectivity index (χ1n) is 8.46. The van der Waals surface area contributed by atoms with Gasteiger partial charge in [-0.05, 0) is 25.8 Å². The van der Waals surface area contributed by atoms with Crippen LogP contribution >= 0.6 is 0 Å². The van der Waals surface area contributed by atoms with Gasteiger partial charge in [-0.3, -0.25) is 9.59 Å². The first-order valence-corrected chi connectivity index (χ1v) is 8.46. The van der Waals surface area contributed by atoms with Crippen LogP contribution in [0.2, 0.25) is 0 Å². The van der Waals surface area contributed by atoms with Gasteiger partial charge in [0.1, 0.15) is 6.26 Å². The predicted octanol–water partition coefficient (Wildman–Crippen LogP) is 2.38. The third kappa shape index (κ3) is 4.26. The van der Waals surface area contributed by atoms with Crippen molar-refractivity contribution in [2.75, 3.05) is 19.7 Å². The van der Waals surface area contributed by atoms with E-state index >= 15 is 0 Å². The average molecular weight is 347 g/mol. The molecular formula is C17H21N3O5. The molecule has 0 radical (unpaired) electrons. The average Bonchev–Trinajstić information content (AvgIpc) is 3.31. The Morgan fingerprint density at radius 2 is 2.08 bits per heavy atom. The van der Waals surface area contributed by atoms with Crippen molar-refractivity contribution < 1.29 is 23.2 Å². The number of likely N-dealkylation sites (tertiary alicyclic amines) is 1. The molecule has 0 atom stereocenters. The van der Waals surface area contributed by atoms with Crippen LogP contribution in [0.1, 0.15) is 44.4 Å². The van der Waals surface area contributed by atoms with Crippen LogP contribution in [0.4, 0.5) is 0 Å². The summed E-state index contributed by atoms with van der Waals surface area (Å²) in [7, 11) is 0. The van der Waals surface area contributed by atoms with Gasteiger partial charge in [0.05, 0.1) is 24.9 Å². The number of rotatable bonds is 6. The number of nitrogens with zero attached hydrogens (tertiary/aromatic N) is 3. The van der Waals surface area contributed by atoms with Gasteiger partial charge < -0.3 is 18.5 Å². The minimum atomic E-state index is -0.330. The zero-order valence-corrected chi connectivity index (χ0v) is 14.1. The Morgan fingerprint density at radius 3 is 2.76 bits per heavy atom. The molecule has 2 aromatic heterocycles. The molecule has 1 aliphatic rings. The molecule has 3 rings (SSSR count). The molecule has 1 aliphatic heterocycles. The second-order valence-electron chi connectivity index (χ2n) is 5.92. The Hall–Kier alpha value is -2.64. The number of carbonyl (C=O) groups excluding carboxylic acids is 2. The molecule has 0 aromatic carbocycles. The van der Waals surface area contributed by atoms with Crippen molar-refractivity contribution in [2.24, 2.45) is 0 Å². The fourth-order valence-corrected chi connectivity index (χ4v) is 2.88. The number of carbonyl (C=O) groups is 2. The molecule has 3 heterocycles. The summed E-state index contributed by atoms with van der Waals surface area (Å²) in [5, 5.41) is 8.17. The summed E-state index contributed by atoms with van der Waals surface area (Å²) in [4.78, 5) is 25.3. The van der Waals surface area contributed by atoms with E-state index in [1.807, 2.05) is 0 Å². The highest BCUT2D eigenvalue weighted by Gasteiger charge is 2.27. The molecule has 0 bridgehead atoms. The van der Waals surface area contributed by atoms with Crippen molar-refractivity contribution in [3.8, 4) is 11.5 Å². The summed E-state index contributed by atoms with van der Waals surface area (Å²) in [5.41, 5.74) is 0.755. The van der Waals surface area contributed by atoms with Crippen LogP contribution in [0.5, 0.6) is 0 Å². The smallest absolute Gasteiger partial charge is 0.306 e. The highest BCUT2D eigenvalue weighted by atomic mass is 16.5. The Balaban J connectivity index is 1.48. The van der Waals surface area contributed by atoms with Crippen molar-refractivity contribution in [3.05, 3.63) is 24.5 Å². The zero-order chi connectivity index (χ0) is 17.6. The van der Waals surface area contributed by atoms with E-state index in [0.29, 0.717) is 31.5 Å². The maximum Gasteiger partial charge on any atom is 0.306 e. The van der Waals surface area contributed by atoms with Gasteiger partial charge in [-0.2, -0.15) is 0 Å². The van der Waals surface area contributed by atoms with Gasteiger partial charge in [-0.1, -0.05) is 0 Å². The minimum absolute atomic E-state index is 0.0175. The molecular weight excluding hydrogens is 326 g/mol. The molecule has 1 amide bonds. The SMILES string of the molecule is CCOC(=O)CCC(=O)N1CCC(c2nnc(-c3ccoc3)o2)CC1. The molecule has 2 aromatic rings. The standard InChI is InChI=1S/C17H21N3O5/c1-2-24-15(22)4-3-14(21)20-8-5-12(6-9-20)16-18-19-17(25-16)13-7-10-23-11-13/h7,10-12H,2-6,8-9H2,1H3. The normalized spacial score (nSPS) is 15.3. The number of furan rings is 1. The quantitative estimate of drug-likeness (QED) is 0.740. The summed E-state index contributed by atoms with van der Waals surface area (Å²) in [5.74, 6) is 0.827. The summed E-state index contributed by atoms with van der Waals surface area (Å²) < 4.78 is 15.6. The van der Waals surface area contributed by atoms with Crippen LogP contribution in [0.3, 0.4) is 0 Å². The van der Waals surface area contributed by atoms with Crippen molar-refractivity contribution in [3.63, 3.8) is 0 Å². The van der Waals surface area contributed by atoms with E-state index in [4.69, 9.17) is 13.6 Å². The molecule has 1 fully saturated rings. The second kappa shape index (κ2) is 7.96. The lowest BCUT2D eigenvalue weighted by Crippen LogP contribution is -2.38. The topological polar surface area (TPSA) is 98.7 Å². The van der Waals surface area contributed by atoms with Gasteiger partial charge in [0.25, 0.3) is 5.89 Å². The van der Waals surface area contributed by atoms with Crippen molar-refractivity contribution in [2.45, 2.75) is 38.5 Å². The summed E-state index contributed by atoms with van der Waals surface area (Å²) >= 11 is 0. The molecule has 134 valence electrons. The number of amides is 1. The number of esters is 1. The number of ether oxygens (including phenoxy) is 1. The van der Waals surface area contributed by atoms with Gasteiger partial charge in [-0.25, -0.2) is 0 Å². The first-order chi connectivity index (χ1) is 12.2. The minimum Gasteiger partial charge on any atom is -0.472 e. The summed E-state index contributed by atoms with van der Waals surface area (Å²) in [6, 6.07) is 1.77. The van der Waals surface area contributed by atoms with Gasteiger partial charge >= 0.3 is 5.97 Å². The third-order valence-corrected chi connectivity index (χ3v) is 4.25. The molecule has 0 N–H and O–H groups in total. The maximum atomic E-state index is 12.2. The summed E-state index contributed by atoms with van der Waals surface area (Å²) in [6.45, 7) is 3.33. The van der Waals surface area contributed by atoms with Crippen LogP contribution < -0.4 is 0 Å². The van der Waals surface area contributed by atoms with Crippen molar-refractivity contribution in [1.29, 1.82) is 0 Å². The van der Waals surface area contributed by atoms with E-state index in [9.17, 15) is 9.59 Å². The fourth-order valence-electron chi connectivity index (χ4n) is 2.88. The predicted molar refractivity (Wildman–Crippen MR) is 86.4 cm³/mol. The van der Waals surface area contributed by atoms with Crippen LogP contribution in [0.25, 0.3) is 11.5 Å². The van der Waals surface area contributed by atoms with E-state index in [1.165, 1.54) is 0 Å². The lowest BCUT2D eigenvalue weighted by molar-refractivity contribution is -0.145. The Labute approximate surface area is 145 Å². The molecule has 0 aliphatic carbocycles. The molecule has 1 saturated heterocycles. The van der Waals surface area contributed by atoms with E-state index in [1.54, 1.807) is 30.4 Å².